The summed E-state index contributed by atoms with van der Waals surface area (Å²) >= 11 is 0. The fourth-order valence-electron chi connectivity index (χ4n) is 6.99. The van der Waals surface area contributed by atoms with Gasteiger partial charge in [0.1, 0.15) is 39.9 Å². The molecule has 0 heterocycles. The second-order valence-corrected chi connectivity index (χ2v) is 15.2. The van der Waals surface area contributed by atoms with Crippen molar-refractivity contribution in [2.45, 2.75) is 0 Å². The molecule has 0 spiro atoms. The minimum Gasteiger partial charge on any atom is -0.507 e. The van der Waals surface area contributed by atoms with Gasteiger partial charge in [0.25, 0.3) is 0 Å². The molecule has 48 heavy (non-hydrogen) atoms. The van der Waals surface area contributed by atoms with E-state index in [9.17, 15) is 5.11 Å². The molecule has 8 aromatic carbocycles. The maximum absolute atomic E-state index is 11.9. The maximum atomic E-state index is 11.9. The van der Waals surface area contributed by atoms with E-state index in [4.69, 9.17) is 4.99 Å². The molecule has 0 bridgehead atoms. The molecule has 8 aromatic rings. The van der Waals surface area contributed by atoms with E-state index in [1.54, 1.807) is 0 Å². The quantitative estimate of drug-likeness (QED) is 0.106. The van der Waals surface area contributed by atoms with Crippen LogP contribution in [0.2, 0.25) is 0 Å². The van der Waals surface area contributed by atoms with Crippen molar-refractivity contribution >= 4 is 61.9 Å². The Labute approximate surface area is 281 Å². The number of hydrogen-bond acceptors (Lipinski definition) is 2. The van der Waals surface area contributed by atoms with E-state index in [0.29, 0.717) is 5.56 Å². The second-order valence-electron chi connectivity index (χ2n) is 11.9. The van der Waals surface area contributed by atoms with E-state index in [1.807, 2.05) is 30.5 Å². The van der Waals surface area contributed by atoms with Gasteiger partial charge in [-0.05, 0) is 82.2 Å². The molecule has 0 aromatic heterocycles. The van der Waals surface area contributed by atoms with Crippen molar-refractivity contribution in [2.75, 3.05) is 0 Å². The molecule has 0 aliphatic carbocycles. The Bertz CT molecular complexity index is 2250. The van der Waals surface area contributed by atoms with Crippen LogP contribution < -0.4 is 21.2 Å². The van der Waals surface area contributed by atoms with Crippen LogP contribution in [0.4, 0.5) is 5.69 Å². The number of aliphatic imine (C=N–C) groups is 1. The SMILES string of the molecule is Oc1c(C=Nc2ccccc2[P+](c2ccccc2)(c2ccccc2)c2ccccc2)cccc1-c1c2ccccc2cc2ccccc12. The van der Waals surface area contributed by atoms with Gasteiger partial charge in [-0.2, -0.15) is 0 Å². The monoisotopic (exact) mass is 634 g/mol. The second kappa shape index (κ2) is 12.8. The van der Waals surface area contributed by atoms with Crippen molar-refractivity contribution in [1.82, 2.24) is 0 Å². The molecule has 0 unspecified atom stereocenters. The number of rotatable bonds is 7. The predicted molar refractivity (Wildman–Crippen MR) is 207 cm³/mol. The Hall–Kier alpha value is -5.82. The minimum atomic E-state index is -2.36. The lowest BCUT2D eigenvalue weighted by Crippen LogP contribution is -2.38. The average molecular weight is 635 g/mol. The van der Waals surface area contributed by atoms with Crippen LogP contribution in [-0.2, 0) is 0 Å². The summed E-state index contributed by atoms with van der Waals surface area (Å²) < 4.78 is 0. The zero-order chi connectivity index (χ0) is 32.3. The van der Waals surface area contributed by atoms with E-state index >= 15 is 0 Å². The van der Waals surface area contributed by atoms with Crippen LogP contribution in [0.15, 0.2) is 193 Å². The van der Waals surface area contributed by atoms with Crippen molar-refractivity contribution in [3.05, 3.63) is 194 Å². The van der Waals surface area contributed by atoms with Crippen LogP contribution in [0.3, 0.4) is 0 Å². The summed E-state index contributed by atoms with van der Waals surface area (Å²) in [6.07, 6.45) is 1.82. The van der Waals surface area contributed by atoms with Gasteiger partial charge in [-0.25, -0.2) is 0 Å². The summed E-state index contributed by atoms with van der Waals surface area (Å²) in [7, 11) is -2.36. The first-order chi connectivity index (χ1) is 23.7. The smallest absolute Gasteiger partial charge is 0.146 e. The number of phenolic OH excluding ortho intramolecular Hbond substituents is 1. The average Bonchev–Trinajstić information content (AvgIpc) is 3.16. The molecule has 8 rings (SSSR count). The van der Waals surface area contributed by atoms with Gasteiger partial charge in [0.2, 0.25) is 0 Å². The largest absolute Gasteiger partial charge is 0.507 e. The number of hydrogen-bond donors (Lipinski definition) is 1. The van der Waals surface area contributed by atoms with Gasteiger partial charge in [-0.15, -0.1) is 0 Å². The topological polar surface area (TPSA) is 32.6 Å². The highest BCUT2D eigenvalue weighted by atomic mass is 31.2. The lowest BCUT2D eigenvalue weighted by atomic mass is 9.91. The fourth-order valence-corrected chi connectivity index (χ4v) is 11.4. The number of phenols is 1. The number of para-hydroxylation sites is 2. The molecular weight excluding hydrogens is 601 g/mol. The number of benzene rings is 8. The van der Waals surface area contributed by atoms with E-state index in [-0.39, 0.29) is 5.75 Å². The van der Waals surface area contributed by atoms with E-state index < -0.39 is 7.26 Å². The van der Waals surface area contributed by atoms with Crippen molar-refractivity contribution < 1.29 is 5.11 Å². The summed E-state index contributed by atoms with van der Waals surface area (Å²) in [4.78, 5) is 5.18. The van der Waals surface area contributed by atoms with Crippen molar-refractivity contribution in [2.24, 2.45) is 4.99 Å². The standard InChI is InChI=1S/C45H32NOP/c47-45-35(19-16-28-41(45)44-39-26-12-10-17-33(39)31-34-18-11-13-27-40(34)44)32-46-42-29-14-15-30-43(42)48(36-20-4-1-5-21-36,37-22-6-2-7-23-37)38-24-8-3-9-25-38/h1-32H/p+1. The fraction of sp³-hybridized carbons (Fsp3) is 0. The van der Waals surface area contributed by atoms with Crippen molar-refractivity contribution in [3.8, 4) is 16.9 Å². The van der Waals surface area contributed by atoms with E-state index in [0.717, 1.165) is 38.4 Å². The van der Waals surface area contributed by atoms with Crippen LogP contribution in [0.1, 0.15) is 5.56 Å². The first-order valence-corrected chi connectivity index (χ1v) is 18.0. The van der Waals surface area contributed by atoms with Gasteiger partial charge < -0.3 is 5.11 Å². The molecule has 228 valence electrons. The third kappa shape index (κ3) is 5.08. The van der Waals surface area contributed by atoms with Gasteiger partial charge in [0, 0.05) is 22.9 Å². The van der Waals surface area contributed by atoms with Crippen LogP contribution in [0.5, 0.6) is 5.75 Å². The molecule has 0 fully saturated rings. The predicted octanol–water partition coefficient (Wildman–Crippen LogP) is 9.74. The molecule has 0 saturated heterocycles. The number of nitrogens with zero attached hydrogens (tertiary/aromatic N) is 1. The Morgan fingerprint density at radius 1 is 0.458 bits per heavy atom. The first kappa shape index (κ1) is 29.6. The lowest BCUT2D eigenvalue weighted by Gasteiger charge is -2.28. The van der Waals surface area contributed by atoms with Crippen molar-refractivity contribution in [3.63, 3.8) is 0 Å². The van der Waals surface area contributed by atoms with Crippen LogP contribution >= 0.6 is 7.26 Å². The van der Waals surface area contributed by atoms with Crippen LogP contribution in [0.25, 0.3) is 32.7 Å². The van der Waals surface area contributed by atoms with Gasteiger partial charge in [-0.1, -0.05) is 127 Å². The molecule has 0 saturated carbocycles. The molecule has 0 aliphatic heterocycles. The molecule has 0 atom stereocenters. The Balaban J connectivity index is 1.32. The Morgan fingerprint density at radius 3 is 1.50 bits per heavy atom. The third-order valence-corrected chi connectivity index (χ3v) is 13.4. The summed E-state index contributed by atoms with van der Waals surface area (Å²) in [6.45, 7) is 0. The highest BCUT2D eigenvalue weighted by molar-refractivity contribution is 8.01. The highest BCUT2D eigenvalue weighted by Gasteiger charge is 2.49. The molecule has 2 nitrogen and oxygen atoms in total. The highest BCUT2D eigenvalue weighted by Crippen LogP contribution is 2.56. The van der Waals surface area contributed by atoms with Crippen LogP contribution in [-0.4, -0.2) is 11.3 Å². The van der Waals surface area contributed by atoms with Gasteiger partial charge in [-0.3, -0.25) is 4.99 Å². The normalized spacial score (nSPS) is 11.8. The zero-order valence-electron chi connectivity index (χ0n) is 26.3. The van der Waals surface area contributed by atoms with Gasteiger partial charge in [0.15, 0.2) is 0 Å². The van der Waals surface area contributed by atoms with E-state index in [2.05, 4.69) is 164 Å². The molecular formula is C45H33NOP+. The van der Waals surface area contributed by atoms with E-state index in [1.165, 1.54) is 21.2 Å². The first-order valence-electron chi connectivity index (χ1n) is 16.2. The van der Waals surface area contributed by atoms with Crippen molar-refractivity contribution in [1.29, 1.82) is 0 Å². The third-order valence-electron chi connectivity index (χ3n) is 9.12. The Morgan fingerprint density at radius 2 is 0.938 bits per heavy atom. The van der Waals surface area contributed by atoms with Crippen LogP contribution in [0, 0.1) is 0 Å². The summed E-state index contributed by atoms with van der Waals surface area (Å²) in [5, 5.41) is 21.4. The molecule has 0 radical (unpaired) electrons. The molecule has 1 N–H and O–H groups in total. The number of aromatic hydroxyl groups is 1. The minimum absolute atomic E-state index is 0.218. The summed E-state index contributed by atoms with van der Waals surface area (Å²) in [5.74, 6) is 0.218. The molecule has 0 amide bonds. The molecule has 0 aliphatic rings. The maximum Gasteiger partial charge on any atom is 0.146 e. The lowest BCUT2D eigenvalue weighted by molar-refractivity contribution is 0.476. The Kier molecular flexibility index (Phi) is 7.86. The zero-order valence-corrected chi connectivity index (χ0v) is 27.2. The van der Waals surface area contributed by atoms with Gasteiger partial charge in [0.05, 0.1) is 0 Å². The molecule has 3 heteroatoms. The van der Waals surface area contributed by atoms with Gasteiger partial charge >= 0.3 is 0 Å². The summed E-state index contributed by atoms with van der Waals surface area (Å²) in [5.41, 5.74) is 3.36. The summed E-state index contributed by atoms with van der Waals surface area (Å²) in [6, 6.07) is 65.9. The number of fused-ring (bicyclic) bond motifs is 2.